The lowest BCUT2D eigenvalue weighted by Gasteiger charge is -2.32. The largest absolute Gasteiger partial charge is 0.458 e. The summed E-state index contributed by atoms with van der Waals surface area (Å²) in [5.74, 6) is -1.56. The van der Waals surface area contributed by atoms with Gasteiger partial charge in [0.15, 0.2) is 6.61 Å². The number of hydrogen-bond acceptors (Lipinski definition) is 7. The molecule has 0 N–H and O–H groups in total. The summed E-state index contributed by atoms with van der Waals surface area (Å²) in [7, 11) is -3.71. The molecule has 8 heteroatoms. The Labute approximate surface area is 128 Å². The summed E-state index contributed by atoms with van der Waals surface area (Å²) in [6.45, 7) is 6.22. The highest BCUT2D eigenvalue weighted by Crippen LogP contribution is 2.62. The number of carbonyl (C=O) groups is 2. The molecule has 3 rings (SSSR count). The van der Waals surface area contributed by atoms with Crippen molar-refractivity contribution in [1.29, 1.82) is 0 Å². The molecule has 0 radical (unpaired) electrons. The smallest absolute Gasteiger partial charge is 0.344 e. The van der Waals surface area contributed by atoms with Crippen LogP contribution in [-0.2, 0) is 33.4 Å². The minimum Gasteiger partial charge on any atom is -0.458 e. The maximum absolute atomic E-state index is 12.1. The first-order chi connectivity index (χ1) is 10.1. The lowest BCUT2D eigenvalue weighted by atomic mass is 9.82. The number of ether oxygens (including phenoxy) is 2. The van der Waals surface area contributed by atoms with Gasteiger partial charge in [0.2, 0.25) is 0 Å². The number of hydrogen-bond donors (Lipinski definition) is 0. The van der Waals surface area contributed by atoms with Crippen molar-refractivity contribution < 1.29 is 31.7 Å². The molecule has 5 unspecified atom stereocenters. The summed E-state index contributed by atoms with van der Waals surface area (Å²) in [4.78, 5) is 23.1. The number of rotatable bonds is 4. The maximum Gasteiger partial charge on any atom is 0.344 e. The lowest BCUT2D eigenvalue weighted by molar-refractivity contribution is -0.164. The monoisotopic (exact) mass is 330 g/mol. The van der Waals surface area contributed by atoms with Crippen LogP contribution in [0.25, 0.3) is 0 Å². The van der Waals surface area contributed by atoms with E-state index in [-0.39, 0.29) is 17.6 Å². The molecule has 1 saturated heterocycles. The predicted molar refractivity (Wildman–Crippen MR) is 74.1 cm³/mol. The van der Waals surface area contributed by atoms with Crippen molar-refractivity contribution in [3.8, 4) is 0 Å². The molecule has 2 saturated carbocycles. The lowest BCUT2D eigenvalue weighted by Crippen LogP contribution is -2.44. The maximum atomic E-state index is 12.1. The van der Waals surface area contributed by atoms with Gasteiger partial charge in [-0.05, 0) is 19.8 Å². The van der Waals surface area contributed by atoms with E-state index in [9.17, 15) is 18.0 Å². The molecule has 7 nitrogen and oxygen atoms in total. The van der Waals surface area contributed by atoms with Gasteiger partial charge in [-0.2, -0.15) is 8.42 Å². The van der Waals surface area contributed by atoms with E-state index in [4.69, 9.17) is 13.7 Å². The number of fused-ring (bicyclic) bond motifs is 1. The molecule has 1 heterocycles. The third kappa shape index (κ3) is 2.25. The Morgan fingerprint density at radius 2 is 2.05 bits per heavy atom. The van der Waals surface area contributed by atoms with E-state index >= 15 is 0 Å². The topological polar surface area (TPSA) is 96.0 Å². The van der Waals surface area contributed by atoms with Crippen LogP contribution in [0.15, 0.2) is 12.2 Å². The molecule has 3 aliphatic rings. The third-order valence-corrected chi connectivity index (χ3v) is 6.55. The fourth-order valence-corrected chi connectivity index (χ4v) is 5.96. The van der Waals surface area contributed by atoms with Crippen LogP contribution >= 0.6 is 0 Å². The fourth-order valence-electron chi connectivity index (χ4n) is 3.89. The first kappa shape index (κ1) is 15.5. The van der Waals surface area contributed by atoms with Gasteiger partial charge in [0.05, 0.1) is 6.10 Å². The average Bonchev–Trinajstić information content (AvgIpc) is 2.91. The second-order valence-electron chi connectivity index (χ2n) is 6.59. The van der Waals surface area contributed by atoms with Gasteiger partial charge in [0.1, 0.15) is 11.4 Å². The molecule has 0 amide bonds. The van der Waals surface area contributed by atoms with Gasteiger partial charge in [-0.15, -0.1) is 0 Å². The van der Waals surface area contributed by atoms with E-state index in [0.29, 0.717) is 12.8 Å². The third-order valence-electron chi connectivity index (χ3n) is 4.77. The molecule has 2 aliphatic carbocycles. The molecule has 0 aromatic heterocycles. The van der Waals surface area contributed by atoms with Crippen LogP contribution < -0.4 is 0 Å². The van der Waals surface area contributed by atoms with Crippen LogP contribution in [0, 0.1) is 11.3 Å². The van der Waals surface area contributed by atoms with Crippen molar-refractivity contribution in [2.45, 2.75) is 44.1 Å². The number of esters is 2. The van der Waals surface area contributed by atoms with E-state index in [1.165, 1.54) is 6.92 Å². The van der Waals surface area contributed by atoms with Crippen LogP contribution in [0.5, 0.6) is 0 Å². The SMILES string of the molecule is C=C(C)C(=O)OCC(=O)OC1C2C3CC1(C)CC3OS2(=O)=O. The molecule has 0 aromatic rings. The molecule has 122 valence electrons. The van der Waals surface area contributed by atoms with Gasteiger partial charge >= 0.3 is 11.9 Å². The Hall–Kier alpha value is -1.41. The summed E-state index contributed by atoms with van der Waals surface area (Å²) >= 11 is 0. The molecule has 0 spiro atoms. The second-order valence-corrected chi connectivity index (χ2v) is 8.31. The van der Waals surface area contributed by atoms with E-state index in [1.807, 2.05) is 6.92 Å². The van der Waals surface area contributed by atoms with Crippen molar-refractivity contribution in [2.75, 3.05) is 6.61 Å². The highest BCUT2D eigenvalue weighted by Gasteiger charge is 2.70. The van der Waals surface area contributed by atoms with Gasteiger partial charge in [0, 0.05) is 16.9 Å². The highest BCUT2D eigenvalue weighted by molar-refractivity contribution is 7.87. The quantitative estimate of drug-likeness (QED) is 0.422. The van der Waals surface area contributed by atoms with Crippen LogP contribution in [-0.4, -0.2) is 44.4 Å². The average molecular weight is 330 g/mol. The summed E-state index contributed by atoms with van der Waals surface area (Å²) < 4.78 is 39.3. The van der Waals surface area contributed by atoms with Crippen LogP contribution in [0.1, 0.15) is 26.7 Å². The zero-order valence-electron chi connectivity index (χ0n) is 12.4. The molecular formula is C14H18O7S. The Kier molecular flexibility index (Phi) is 3.37. The molecule has 5 atom stereocenters. The van der Waals surface area contributed by atoms with Crippen molar-refractivity contribution in [1.82, 2.24) is 0 Å². The zero-order chi connectivity index (χ0) is 16.3. The van der Waals surface area contributed by atoms with E-state index < -0.39 is 45.4 Å². The zero-order valence-corrected chi connectivity index (χ0v) is 13.2. The molecule has 3 fully saturated rings. The molecular weight excluding hydrogens is 312 g/mol. The summed E-state index contributed by atoms with van der Waals surface area (Å²) in [5.41, 5.74) is -0.230. The van der Waals surface area contributed by atoms with E-state index in [2.05, 4.69) is 6.58 Å². The van der Waals surface area contributed by atoms with Crippen LogP contribution in [0.3, 0.4) is 0 Å². The second kappa shape index (κ2) is 4.79. The normalized spacial score (nSPS) is 40.5. The minimum absolute atomic E-state index is 0.120. The molecule has 2 bridgehead atoms. The predicted octanol–water partition coefficient (Wildman–Crippen LogP) is 0.545. The Balaban J connectivity index is 1.69. The summed E-state index contributed by atoms with van der Waals surface area (Å²) in [6, 6.07) is 0. The van der Waals surface area contributed by atoms with Gasteiger partial charge in [0.25, 0.3) is 10.1 Å². The van der Waals surface area contributed by atoms with E-state index in [0.717, 1.165) is 0 Å². The fraction of sp³-hybridized carbons (Fsp3) is 0.714. The Morgan fingerprint density at radius 3 is 2.68 bits per heavy atom. The first-order valence-electron chi connectivity index (χ1n) is 7.08. The molecule has 0 aromatic carbocycles. The minimum atomic E-state index is -3.71. The summed E-state index contributed by atoms with van der Waals surface area (Å²) in [5, 5.41) is -0.808. The van der Waals surface area contributed by atoms with Crippen molar-refractivity contribution in [2.24, 2.45) is 11.3 Å². The van der Waals surface area contributed by atoms with Gasteiger partial charge in [-0.3, -0.25) is 4.18 Å². The Morgan fingerprint density at radius 1 is 1.36 bits per heavy atom. The summed E-state index contributed by atoms with van der Waals surface area (Å²) in [6.07, 6.45) is 0.163. The molecule has 1 aliphatic heterocycles. The van der Waals surface area contributed by atoms with Crippen molar-refractivity contribution in [3.05, 3.63) is 12.2 Å². The highest BCUT2D eigenvalue weighted by atomic mass is 32.2. The van der Waals surface area contributed by atoms with Gasteiger partial charge in [-0.25, -0.2) is 9.59 Å². The van der Waals surface area contributed by atoms with Crippen LogP contribution in [0.2, 0.25) is 0 Å². The van der Waals surface area contributed by atoms with Gasteiger partial charge < -0.3 is 9.47 Å². The van der Waals surface area contributed by atoms with E-state index in [1.54, 1.807) is 0 Å². The molecule has 22 heavy (non-hydrogen) atoms. The number of carbonyl (C=O) groups excluding carboxylic acids is 2. The van der Waals surface area contributed by atoms with Crippen molar-refractivity contribution >= 4 is 22.1 Å². The first-order valence-corrected chi connectivity index (χ1v) is 8.55. The standard InChI is InChI=1S/C14H18O7S/c1-7(2)13(16)19-6-10(15)20-12-11-8-4-14(12,3)5-9(8)21-22(11,17)18/h8-9,11-12H,1,4-6H2,2-3H3. The van der Waals surface area contributed by atoms with Crippen molar-refractivity contribution in [3.63, 3.8) is 0 Å². The van der Waals surface area contributed by atoms with Crippen LogP contribution in [0.4, 0.5) is 0 Å². The van der Waals surface area contributed by atoms with Gasteiger partial charge in [-0.1, -0.05) is 13.5 Å². The Bertz CT molecular complexity index is 648.